The van der Waals surface area contributed by atoms with Crippen LogP contribution in [0.3, 0.4) is 0 Å². The van der Waals surface area contributed by atoms with Crippen molar-refractivity contribution in [1.29, 1.82) is 0 Å². The molecule has 0 bridgehead atoms. The number of rotatable bonds is 3. The van der Waals surface area contributed by atoms with Crippen LogP contribution in [-0.4, -0.2) is 11.1 Å². The van der Waals surface area contributed by atoms with Gasteiger partial charge in [-0.2, -0.15) is 0 Å². The van der Waals surface area contributed by atoms with Gasteiger partial charge in [-0.1, -0.05) is 15.9 Å². The van der Waals surface area contributed by atoms with Gasteiger partial charge in [0.25, 0.3) is 0 Å². The number of benzene rings is 1. The van der Waals surface area contributed by atoms with Gasteiger partial charge in [0.1, 0.15) is 12.1 Å². The van der Waals surface area contributed by atoms with E-state index in [2.05, 4.69) is 20.9 Å². The Bertz CT molecular complexity index is 508. The molecule has 1 aromatic carbocycles. The Labute approximate surface area is 102 Å². The van der Waals surface area contributed by atoms with E-state index >= 15 is 0 Å². The Hall–Kier alpha value is -1.07. The molecule has 0 saturated heterocycles. The van der Waals surface area contributed by atoms with Gasteiger partial charge in [-0.15, -0.1) is 0 Å². The summed E-state index contributed by atoms with van der Waals surface area (Å²) in [5.41, 5.74) is 7.76. The minimum absolute atomic E-state index is 0.152. The molecule has 5 heteroatoms. The average Bonchev–Trinajstić information content (AvgIpc) is 2.57. The first-order valence-electron chi connectivity index (χ1n) is 5.02. The van der Waals surface area contributed by atoms with E-state index in [9.17, 15) is 0 Å². The second-order valence-electron chi connectivity index (χ2n) is 3.81. The van der Waals surface area contributed by atoms with Crippen molar-refractivity contribution >= 4 is 32.7 Å². The molecule has 0 amide bonds. The summed E-state index contributed by atoms with van der Waals surface area (Å²) in [5, 5.41) is 0. The summed E-state index contributed by atoms with van der Waals surface area (Å²) in [6.07, 6.45) is 0.152. The van der Waals surface area contributed by atoms with Gasteiger partial charge in [-0.25, -0.2) is 4.98 Å². The highest BCUT2D eigenvalue weighted by atomic mass is 79.9. The molecule has 0 atom stereocenters. The molecule has 0 unspecified atom stereocenters. The molecule has 0 saturated carbocycles. The first-order chi connectivity index (χ1) is 7.56. The van der Waals surface area contributed by atoms with Gasteiger partial charge in [-0.05, 0) is 26.0 Å². The number of oxazole rings is 1. The van der Waals surface area contributed by atoms with E-state index in [4.69, 9.17) is 14.9 Å². The predicted octanol–water partition coefficient (Wildman–Crippen LogP) is 3.10. The fourth-order valence-corrected chi connectivity index (χ4v) is 1.83. The van der Waals surface area contributed by atoms with E-state index in [1.54, 1.807) is 6.07 Å². The van der Waals surface area contributed by atoms with Crippen LogP contribution in [0.4, 0.5) is 5.69 Å². The summed E-state index contributed by atoms with van der Waals surface area (Å²) in [6, 6.07) is 3.66. The lowest BCUT2D eigenvalue weighted by atomic mass is 10.3. The third-order valence-corrected chi connectivity index (χ3v) is 2.53. The molecule has 0 aliphatic carbocycles. The number of hydrogen-bond donors (Lipinski definition) is 1. The second kappa shape index (κ2) is 4.43. The Morgan fingerprint density at radius 3 is 2.94 bits per heavy atom. The van der Waals surface area contributed by atoms with Crippen molar-refractivity contribution in [3.05, 3.63) is 22.5 Å². The fraction of sp³-hybridized carbons (Fsp3) is 0.364. The molecule has 0 spiro atoms. The van der Waals surface area contributed by atoms with Crippen LogP contribution in [0.2, 0.25) is 0 Å². The lowest BCUT2D eigenvalue weighted by molar-refractivity contribution is 0.0526. The van der Waals surface area contributed by atoms with Crippen LogP contribution in [0.5, 0.6) is 0 Å². The van der Waals surface area contributed by atoms with Crippen LogP contribution in [0.1, 0.15) is 19.7 Å². The highest BCUT2D eigenvalue weighted by molar-refractivity contribution is 9.10. The van der Waals surface area contributed by atoms with E-state index in [1.807, 2.05) is 19.9 Å². The van der Waals surface area contributed by atoms with Crippen LogP contribution in [0, 0.1) is 0 Å². The Morgan fingerprint density at radius 1 is 1.50 bits per heavy atom. The predicted molar refractivity (Wildman–Crippen MR) is 66.0 cm³/mol. The fourth-order valence-electron chi connectivity index (χ4n) is 1.37. The molecule has 2 rings (SSSR count). The van der Waals surface area contributed by atoms with Gasteiger partial charge < -0.3 is 14.9 Å². The molecule has 0 fully saturated rings. The number of halogens is 1. The van der Waals surface area contributed by atoms with E-state index in [0.717, 1.165) is 9.99 Å². The number of nitrogens with two attached hydrogens (primary N) is 1. The number of nitrogen functional groups attached to an aromatic ring is 1. The highest BCUT2D eigenvalue weighted by Gasteiger charge is 2.10. The smallest absolute Gasteiger partial charge is 0.221 e. The van der Waals surface area contributed by atoms with Crippen LogP contribution in [0.25, 0.3) is 11.1 Å². The standard InChI is InChI=1S/C11H13BrN2O2/c1-6(2)15-5-10-14-9-4-7(12)3-8(13)11(9)16-10/h3-4,6H,5,13H2,1-2H3. The molecule has 0 radical (unpaired) electrons. The molecule has 2 aromatic rings. The average molecular weight is 285 g/mol. The van der Waals surface area contributed by atoms with Crippen LogP contribution in [-0.2, 0) is 11.3 Å². The van der Waals surface area contributed by atoms with E-state index < -0.39 is 0 Å². The number of ether oxygens (including phenoxy) is 1. The quantitative estimate of drug-likeness (QED) is 0.880. The third-order valence-electron chi connectivity index (χ3n) is 2.07. The summed E-state index contributed by atoms with van der Waals surface area (Å²) in [6.45, 7) is 4.30. The van der Waals surface area contributed by atoms with Crippen molar-refractivity contribution in [3.8, 4) is 0 Å². The number of anilines is 1. The van der Waals surface area contributed by atoms with Crippen LogP contribution in [0.15, 0.2) is 21.0 Å². The first kappa shape index (κ1) is 11.4. The highest BCUT2D eigenvalue weighted by Crippen LogP contribution is 2.26. The van der Waals surface area contributed by atoms with Crippen molar-refractivity contribution in [2.24, 2.45) is 0 Å². The number of fused-ring (bicyclic) bond motifs is 1. The molecular weight excluding hydrogens is 272 g/mol. The molecule has 1 heterocycles. The SMILES string of the molecule is CC(C)OCc1nc2cc(Br)cc(N)c2o1. The topological polar surface area (TPSA) is 61.3 Å². The zero-order chi connectivity index (χ0) is 11.7. The molecule has 0 aliphatic rings. The number of hydrogen-bond acceptors (Lipinski definition) is 4. The maximum absolute atomic E-state index is 5.82. The molecular formula is C11H13BrN2O2. The van der Waals surface area contributed by atoms with Crippen molar-refractivity contribution in [1.82, 2.24) is 4.98 Å². The molecule has 2 N–H and O–H groups in total. The lowest BCUT2D eigenvalue weighted by Gasteiger charge is -2.02. The Morgan fingerprint density at radius 2 is 2.25 bits per heavy atom. The Balaban J connectivity index is 2.33. The Kier molecular flexibility index (Phi) is 3.16. The number of aromatic nitrogens is 1. The van der Waals surface area contributed by atoms with Gasteiger partial charge in [0.2, 0.25) is 5.89 Å². The van der Waals surface area contributed by atoms with Crippen molar-refractivity contribution in [3.63, 3.8) is 0 Å². The maximum atomic E-state index is 5.82. The van der Waals surface area contributed by atoms with Crippen molar-refractivity contribution in [2.75, 3.05) is 5.73 Å². The third kappa shape index (κ3) is 2.36. The van der Waals surface area contributed by atoms with Gasteiger partial charge in [0.15, 0.2) is 5.58 Å². The minimum atomic E-state index is 0.152. The van der Waals surface area contributed by atoms with Gasteiger partial charge in [0, 0.05) is 4.47 Å². The van der Waals surface area contributed by atoms with Gasteiger partial charge in [-0.3, -0.25) is 0 Å². The van der Waals surface area contributed by atoms with Crippen molar-refractivity contribution in [2.45, 2.75) is 26.6 Å². The summed E-state index contributed by atoms with van der Waals surface area (Å²) >= 11 is 3.36. The van der Waals surface area contributed by atoms with Crippen molar-refractivity contribution < 1.29 is 9.15 Å². The monoisotopic (exact) mass is 284 g/mol. The van der Waals surface area contributed by atoms with E-state index in [0.29, 0.717) is 23.8 Å². The lowest BCUT2D eigenvalue weighted by Crippen LogP contribution is -2.02. The molecule has 86 valence electrons. The summed E-state index contributed by atoms with van der Waals surface area (Å²) in [5.74, 6) is 0.550. The molecule has 4 nitrogen and oxygen atoms in total. The second-order valence-corrected chi connectivity index (χ2v) is 4.73. The van der Waals surface area contributed by atoms with Crippen LogP contribution < -0.4 is 5.73 Å². The van der Waals surface area contributed by atoms with E-state index in [1.165, 1.54) is 0 Å². The summed E-state index contributed by atoms with van der Waals surface area (Å²) < 4.78 is 11.8. The molecule has 16 heavy (non-hydrogen) atoms. The normalized spacial score (nSPS) is 11.5. The summed E-state index contributed by atoms with van der Waals surface area (Å²) in [4.78, 5) is 4.30. The van der Waals surface area contributed by atoms with Crippen LogP contribution >= 0.6 is 15.9 Å². The first-order valence-corrected chi connectivity index (χ1v) is 5.81. The minimum Gasteiger partial charge on any atom is -0.436 e. The van der Waals surface area contributed by atoms with Gasteiger partial charge in [0.05, 0.1) is 11.8 Å². The maximum Gasteiger partial charge on any atom is 0.221 e. The number of nitrogens with zero attached hydrogens (tertiary/aromatic N) is 1. The zero-order valence-corrected chi connectivity index (χ0v) is 10.7. The van der Waals surface area contributed by atoms with Gasteiger partial charge >= 0.3 is 0 Å². The molecule has 0 aliphatic heterocycles. The molecule has 1 aromatic heterocycles. The largest absolute Gasteiger partial charge is 0.436 e. The van der Waals surface area contributed by atoms with E-state index in [-0.39, 0.29) is 6.10 Å². The summed E-state index contributed by atoms with van der Waals surface area (Å²) in [7, 11) is 0. The zero-order valence-electron chi connectivity index (χ0n) is 9.16.